The Labute approximate surface area is 127 Å². The second-order valence-corrected chi connectivity index (χ2v) is 6.93. The van der Waals surface area contributed by atoms with Crippen LogP contribution in [0.3, 0.4) is 0 Å². The molecule has 2 aliphatic rings. The van der Waals surface area contributed by atoms with Crippen LogP contribution in [-0.2, 0) is 4.79 Å². The Morgan fingerprint density at radius 3 is 2.43 bits per heavy atom. The van der Waals surface area contributed by atoms with E-state index in [9.17, 15) is 4.79 Å². The van der Waals surface area contributed by atoms with Crippen LogP contribution in [0.4, 0.5) is 0 Å². The third kappa shape index (κ3) is 3.13. The molecule has 0 spiro atoms. The first-order chi connectivity index (χ1) is 10.1. The largest absolute Gasteiger partial charge is 0.319 e. The van der Waals surface area contributed by atoms with Crippen molar-refractivity contribution in [2.24, 2.45) is 5.92 Å². The Morgan fingerprint density at radius 2 is 1.86 bits per heavy atom. The van der Waals surface area contributed by atoms with Crippen LogP contribution in [0.1, 0.15) is 63.2 Å². The van der Waals surface area contributed by atoms with Crippen LogP contribution in [-0.4, -0.2) is 23.4 Å². The third-order valence-electron chi connectivity index (χ3n) is 4.78. The van der Waals surface area contributed by atoms with E-state index in [1.165, 1.54) is 24.0 Å². The predicted octanol–water partition coefficient (Wildman–Crippen LogP) is 3.43. The van der Waals surface area contributed by atoms with Crippen molar-refractivity contribution in [3.05, 3.63) is 35.4 Å². The van der Waals surface area contributed by atoms with E-state index < -0.39 is 0 Å². The van der Waals surface area contributed by atoms with Gasteiger partial charge in [-0.25, -0.2) is 0 Å². The number of hydrogen-bond acceptors (Lipinski definition) is 2. The fourth-order valence-corrected chi connectivity index (χ4v) is 3.31. The van der Waals surface area contributed by atoms with Crippen molar-refractivity contribution in [3.8, 4) is 0 Å². The van der Waals surface area contributed by atoms with Crippen LogP contribution in [0.25, 0.3) is 0 Å². The van der Waals surface area contributed by atoms with Gasteiger partial charge in [-0.15, -0.1) is 0 Å². The first-order valence-corrected chi connectivity index (χ1v) is 8.20. The van der Waals surface area contributed by atoms with Gasteiger partial charge in [0.25, 0.3) is 0 Å². The highest BCUT2D eigenvalue weighted by Crippen LogP contribution is 2.37. The first kappa shape index (κ1) is 14.6. The molecule has 3 nitrogen and oxygen atoms in total. The molecule has 2 atom stereocenters. The highest BCUT2D eigenvalue weighted by atomic mass is 16.2. The molecule has 1 amide bonds. The molecule has 1 aliphatic heterocycles. The predicted molar refractivity (Wildman–Crippen MR) is 84.9 cm³/mol. The standard InChI is InChI=1S/C18H26N2O/c1-12(2)15-6-8-16(9-7-15)18-19-11-17(21)20(18)13(3)10-14-4-5-14/h6-9,12-14,18-19H,4-5,10-11H2,1-3H3. The number of hydrogen-bond donors (Lipinski definition) is 1. The Bertz CT molecular complexity index is 504. The zero-order valence-electron chi connectivity index (χ0n) is 13.3. The van der Waals surface area contributed by atoms with Crippen molar-refractivity contribution in [2.75, 3.05) is 6.54 Å². The summed E-state index contributed by atoms with van der Waals surface area (Å²) in [5.74, 6) is 1.63. The fraction of sp³-hybridized carbons (Fsp3) is 0.611. The van der Waals surface area contributed by atoms with E-state index in [0.29, 0.717) is 18.5 Å². The average molecular weight is 286 g/mol. The zero-order valence-corrected chi connectivity index (χ0v) is 13.3. The maximum Gasteiger partial charge on any atom is 0.238 e. The van der Waals surface area contributed by atoms with Crippen LogP contribution in [0, 0.1) is 5.92 Å². The molecule has 2 fully saturated rings. The smallest absolute Gasteiger partial charge is 0.238 e. The molecule has 2 unspecified atom stereocenters. The van der Waals surface area contributed by atoms with Gasteiger partial charge in [0.05, 0.1) is 6.54 Å². The lowest BCUT2D eigenvalue weighted by atomic mass is 10.0. The summed E-state index contributed by atoms with van der Waals surface area (Å²) in [6.07, 6.45) is 3.88. The lowest BCUT2D eigenvalue weighted by molar-refractivity contribution is -0.130. The van der Waals surface area contributed by atoms with Crippen molar-refractivity contribution in [1.29, 1.82) is 0 Å². The lowest BCUT2D eigenvalue weighted by Crippen LogP contribution is -2.38. The van der Waals surface area contributed by atoms with Crippen LogP contribution < -0.4 is 5.32 Å². The summed E-state index contributed by atoms with van der Waals surface area (Å²) in [5, 5.41) is 3.37. The van der Waals surface area contributed by atoms with Gasteiger partial charge in [0.2, 0.25) is 5.91 Å². The summed E-state index contributed by atoms with van der Waals surface area (Å²) in [4.78, 5) is 14.3. The number of amides is 1. The van der Waals surface area contributed by atoms with E-state index in [2.05, 4.69) is 55.3 Å². The van der Waals surface area contributed by atoms with Gasteiger partial charge in [0.15, 0.2) is 0 Å². The number of carbonyl (C=O) groups excluding carboxylic acids is 1. The third-order valence-corrected chi connectivity index (χ3v) is 4.78. The van der Waals surface area contributed by atoms with E-state index >= 15 is 0 Å². The van der Waals surface area contributed by atoms with Gasteiger partial charge >= 0.3 is 0 Å². The number of nitrogens with one attached hydrogen (secondary N) is 1. The molecule has 1 N–H and O–H groups in total. The molecular formula is C18H26N2O. The SMILES string of the molecule is CC(C)c1ccc(C2NCC(=O)N2C(C)CC2CC2)cc1. The van der Waals surface area contributed by atoms with Crippen LogP contribution in [0.15, 0.2) is 24.3 Å². The molecule has 0 aromatic heterocycles. The van der Waals surface area contributed by atoms with Crippen molar-refractivity contribution >= 4 is 5.91 Å². The summed E-state index contributed by atoms with van der Waals surface area (Å²) in [6.45, 7) is 7.07. The summed E-state index contributed by atoms with van der Waals surface area (Å²) in [7, 11) is 0. The minimum atomic E-state index is 0.0486. The van der Waals surface area contributed by atoms with Gasteiger partial charge in [-0.2, -0.15) is 0 Å². The minimum absolute atomic E-state index is 0.0486. The first-order valence-electron chi connectivity index (χ1n) is 8.20. The molecule has 3 heteroatoms. The maximum absolute atomic E-state index is 12.2. The van der Waals surface area contributed by atoms with Crippen LogP contribution >= 0.6 is 0 Å². The van der Waals surface area contributed by atoms with Crippen molar-refractivity contribution < 1.29 is 4.79 Å². The maximum atomic E-state index is 12.2. The molecule has 1 saturated carbocycles. The second kappa shape index (κ2) is 5.80. The van der Waals surface area contributed by atoms with Gasteiger partial charge in [-0.1, -0.05) is 51.0 Å². The Balaban J connectivity index is 1.76. The van der Waals surface area contributed by atoms with Crippen molar-refractivity contribution in [2.45, 2.75) is 58.2 Å². The molecule has 1 aliphatic carbocycles. The average Bonchev–Trinajstić information content (AvgIpc) is 3.18. The van der Waals surface area contributed by atoms with E-state index in [1.807, 2.05) is 0 Å². The number of nitrogens with zero attached hydrogens (tertiary/aromatic N) is 1. The summed E-state index contributed by atoms with van der Waals surface area (Å²) in [6, 6.07) is 9.04. The lowest BCUT2D eigenvalue weighted by Gasteiger charge is -2.31. The van der Waals surface area contributed by atoms with E-state index in [0.717, 1.165) is 12.3 Å². The molecule has 1 aromatic carbocycles. The zero-order chi connectivity index (χ0) is 15.0. The van der Waals surface area contributed by atoms with Gasteiger partial charge < -0.3 is 4.90 Å². The van der Waals surface area contributed by atoms with Gasteiger partial charge in [0, 0.05) is 6.04 Å². The number of rotatable bonds is 5. The molecule has 1 heterocycles. The molecule has 3 rings (SSSR count). The Hall–Kier alpha value is -1.35. The second-order valence-electron chi connectivity index (χ2n) is 6.93. The summed E-state index contributed by atoms with van der Waals surface area (Å²) in [5.41, 5.74) is 2.55. The van der Waals surface area contributed by atoms with Crippen LogP contribution in [0.5, 0.6) is 0 Å². The molecule has 1 saturated heterocycles. The van der Waals surface area contributed by atoms with Gasteiger partial charge in [0.1, 0.15) is 6.17 Å². The van der Waals surface area contributed by atoms with Gasteiger partial charge in [-0.05, 0) is 36.3 Å². The normalized spacial score (nSPS) is 23.9. The molecule has 0 radical (unpaired) electrons. The molecule has 0 bridgehead atoms. The van der Waals surface area contributed by atoms with E-state index in [4.69, 9.17) is 0 Å². The molecule has 114 valence electrons. The highest BCUT2D eigenvalue weighted by Gasteiger charge is 2.37. The molecule has 1 aromatic rings. The Morgan fingerprint density at radius 1 is 1.19 bits per heavy atom. The topological polar surface area (TPSA) is 32.3 Å². The molecular weight excluding hydrogens is 260 g/mol. The van der Waals surface area contributed by atoms with E-state index in [-0.39, 0.29) is 12.1 Å². The molecule has 21 heavy (non-hydrogen) atoms. The monoisotopic (exact) mass is 286 g/mol. The summed E-state index contributed by atoms with van der Waals surface area (Å²) < 4.78 is 0. The minimum Gasteiger partial charge on any atom is -0.319 e. The van der Waals surface area contributed by atoms with Gasteiger partial charge in [-0.3, -0.25) is 10.1 Å². The Kier molecular flexibility index (Phi) is 4.03. The van der Waals surface area contributed by atoms with Crippen molar-refractivity contribution in [3.63, 3.8) is 0 Å². The number of benzene rings is 1. The van der Waals surface area contributed by atoms with Crippen molar-refractivity contribution in [1.82, 2.24) is 10.2 Å². The summed E-state index contributed by atoms with van der Waals surface area (Å²) >= 11 is 0. The van der Waals surface area contributed by atoms with Crippen LogP contribution in [0.2, 0.25) is 0 Å². The highest BCUT2D eigenvalue weighted by molar-refractivity contribution is 5.81. The number of carbonyl (C=O) groups is 1. The van der Waals surface area contributed by atoms with E-state index in [1.54, 1.807) is 0 Å². The quantitative estimate of drug-likeness (QED) is 0.899. The fourth-order valence-electron chi connectivity index (χ4n) is 3.31.